The summed E-state index contributed by atoms with van der Waals surface area (Å²) >= 11 is 0. The molecule has 0 aliphatic carbocycles. The van der Waals surface area contributed by atoms with Crippen molar-refractivity contribution in [1.29, 1.82) is 0 Å². The molecule has 3 heteroatoms. The minimum Gasteiger partial charge on any atom is -0.364 e. The molecule has 1 heterocycles. The van der Waals surface area contributed by atoms with E-state index in [9.17, 15) is 0 Å². The minimum atomic E-state index is 0. The zero-order chi connectivity index (χ0) is 8.81. The zero-order valence-corrected chi connectivity index (χ0v) is 8.94. The summed E-state index contributed by atoms with van der Waals surface area (Å²) in [6.07, 6.45) is 6.80. The summed E-state index contributed by atoms with van der Waals surface area (Å²) in [5.41, 5.74) is 7.11. The Bertz CT molecular complexity index is 197. The summed E-state index contributed by atoms with van der Waals surface area (Å²) in [5, 5.41) is 0. The lowest BCUT2D eigenvalue weighted by Crippen LogP contribution is -2.10. The summed E-state index contributed by atoms with van der Waals surface area (Å²) in [7, 11) is 0. The molecule has 0 unspecified atom stereocenters. The van der Waals surface area contributed by atoms with Crippen molar-refractivity contribution in [1.82, 2.24) is 4.98 Å². The van der Waals surface area contributed by atoms with Gasteiger partial charge in [-0.05, 0) is 18.6 Å². The first kappa shape index (κ1) is 12.5. The fourth-order valence-corrected chi connectivity index (χ4v) is 1.34. The average Bonchev–Trinajstić information content (AvgIpc) is 2.56. The number of aromatic amines is 1. The first-order valence-electron chi connectivity index (χ1n) is 4.73. The molecule has 0 amide bonds. The summed E-state index contributed by atoms with van der Waals surface area (Å²) in [6, 6.07) is 4.25. The van der Waals surface area contributed by atoms with Crippen molar-refractivity contribution in [2.45, 2.75) is 38.6 Å². The van der Waals surface area contributed by atoms with E-state index in [2.05, 4.69) is 18.0 Å². The number of nitrogens with one attached hydrogen (secondary N) is 1. The molecule has 1 atom stereocenters. The van der Waals surface area contributed by atoms with Crippen LogP contribution in [0.3, 0.4) is 0 Å². The van der Waals surface area contributed by atoms with E-state index in [1.165, 1.54) is 19.3 Å². The largest absolute Gasteiger partial charge is 0.364 e. The van der Waals surface area contributed by atoms with Gasteiger partial charge >= 0.3 is 0 Å². The molecular formula is C10H19ClN2. The highest BCUT2D eigenvalue weighted by molar-refractivity contribution is 5.85. The van der Waals surface area contributed by atoms with Gasteiger partial charge in [0, 0.05) is 17.9 Å². The molecule has 13 heavy (non-hydrogen) atoms. The van der Waals surface area contributed by atoms with Crippen LogP contribution in [0.5, 0.6) is 0 Å². The van der Waals surface area contributed by atoms with Crippen molar-refractivity contribution in [3.63, 3.8) is 0 Å². The molecular weight excluding hydrogens is 184 g/mol. The maximum absolute atomic E-state index is 5.95. The third kappa shape index (κ3) is 4.34. The number of unbranched alkanes of at least 4 members (excludes halogenated alkanes) is 2. The van der Waals surface area contributed by atoms with Crippen molar-refractivity contribution in [2.75, 3.05) is 0 Å². The highest BCUT2D eigenvalue weighted by atomic mass is 35.5. The van der Waals surface area contributed by atoms with Gasteiger partial charge in [-0.25, -0.2) is 0 Å². The molecule has 0 spiro atoms. The number of hydrogen-bond donors (Lipinski definition) is 2. The Balaban J connectivity index is 0.00000144. The lowest BCUT2D eigenvalue weighted by molar-refractivity contribution is 0.573. The molecule has 0 fully saturated rings. The molecule has 0 aliphatic rings. The fraction of sp³-hybridized carbons (Fsp3) is 0.600. The molecule has 1 rings (SSSR count). The number of aromatic nitrogens is 1. The third-order valence-corrected chi connectivity index (χ3v) is 2.14. The number of rotatable bonds is 5. The lowest BCUT2D eigenvalue weighted by atomic mass is 10.1. The molecule has 0 radical (unpaired) electrons. The second-order valence-corrected chi connectivity index (χ2v) is 3.23. The first-order valence-corrected chi connectivity index (χ1v) is 4.73. The molecule has 2 nitrogen and oxygen atoms in total. The number of nitrogens with two attached hydrogens (primary N) is 1. The Kier molecular flexibility index (Phi) is 6.73. The van der Waals surface area contributed by atoms with Crippen molar-refractivity contribution in [3.8, 4) is 0 Å². The number of hydrogen-bond acceptors (Lipinski definition) is 1. The van der Waals surface area contributed by atoms with Crippen molar-refractivity contribution < 1.29 is 0 Å². The van der Waals surface area contributed by atoms with E-state index < -0.39 is 0 Å². The second-order valence-electron chi connectivity index (χ2n) is 3.23. The van der Waals surface area contributed by atoms with E-state index in [0.29, 0.717) is 0 Å². The van der Waals surface area contributed by atoms with E-state index in [1.54, 1.807) is 0 Å². The minimum absolute atomic E-state index is 0. The fourth-order valence-electron chi connectivity index (χ4n) is 1.34. The SMILES string of the molecule is CCCCC[C@H](N)c1ccc[nH]1.Cl. The summed E-state index contributed by atoms with van der Waals surface area (Å²) < 4.78 is 0. The molecule has 0 bridgehead atoms. The number of H-pyrrole nitrogens is 1. The van der Waals surface area contributed by atoms with Crippen LogP contribution < -0.4 is 5.73 Å². The predicted molar refractivity (Wildman–Crippen MR) is 59.1 cm³/mol. The molecule has 0 aromatic carbocycles. The van der Waals surface area contributed by atoms with Crippen molar-refractivity contribution in [3.05, 3.63) is 24.0 Å². The van der Waals surface area contributed by atoms with Gasteiger partial charge in [-0.1, -0.05) is 26.2 Å². The van der Waals surface area contributed by atoms with E-state index in [0.717, 1.165) is 12.1 Å². The van der Waals surface area contributed by atoms with Crippen LogP contribution in [0.25, 0.3) is 0 Å². The molecule has 0 saturated heterocycles. The van der Waals surface area contributed by atoms with E-state index in [1.807, 2.05) is 12.3 Å². The average molecular weight is 203 g/mol. The standard InChI is InChI=1S/C10H18N2.ClH/c1-2-3-4-6-9(11)10-7-5-8-12-10;/h5,7-9,12H,2-4,6,11H2,1H3;1H/t9-;/m0./s1. The Morgan fingerprint density at radius 1 is 1.46 bits per heavy atom. The smallest absolute Gasteiger partial charge is 0.0447 e. The Labute approximate surface area is 86.3 Å². The quantitative estimate of drug-likeness (QED) is 0.709. The van der Waals surface area contributed by atoms with Gasteiger partial charge in [0.25, 0.3) is 0 Å². The molecule has 76 valence electrons. The molecule has 3 N–H and O–H groups in total. The maximum atomic E-state index is 5.95. The van der Waals surface area contributed by atoms with E-state index >= 15 is 0 Å². The second kappa shape index (κ2) is 6.98. The van der Waals surface area contributed by atoms with Crippen LogP contribution in [-0.4, -0.2) is 4.98 Å². The highest BCUT2D eigenvalue weighted by Gasteiger charge is 2.04. The first-order chi connectivity index (χ1) is 5.84. The Morgan fingerprint density at radius 2 is 2.23 bits per heavy atom. The summed E-state index contributed by atoms with van der Waals surface area (Å²) in [5.74, 6) is 0. The maximum Gasteiger partial charge on any atom is 0.0447 e. The highest BCUT2D eigenvalue weighted by Crippen LogP contribution is 2.14. The Hall–Kier alpha value is -0.470. The van der Waals surface area contributed by atoms with E-state index in [4.69, 9.17) is 5.73 Å². The summed E-state index contributed by atoms with van der Waals surface area (Å²) in [4.78, 5) is 3.14. The van der Waals surface area contributed by atoms with Gasteiger partial charge < -0.3 is 10.7 Å². The normalized spacial score (nSPS) is 12.2. The summed E-state index contributed by atoms with van der Waals surface area (Å²) in [6.45, 7) is 2.21. The third-order valence-electron chi connectivity index (χ3n) is 2.14. The van der Waals surface area contributed by atoms with Crippen LogP contribution >= 0.6 is 12.4 Å². The van der Waals surface area contributed by atoms with Gasteiger partial charge in [-0.15, -0.1) is 12.4 Å². The van der Waals surface area contributed by atoms with Gasteiger partial charge in [-0.2, -0.15) is 0 Å². The van der Waals surface area contributed by atoms with Gasteiger partial charge in [-0.3, -0.25) is 0 Å². The molecule has 1 aromatic heterocycles. The molecule has 0 saturated carbocycles. The van der Waals surface area contributed by atoms with E-state index in [-0.39, 0.29) is 18.4 Å². The monoisotopic (exact) mass is 202 g/mol. The van der Waals surface area contributed by atoms with Crippen LogP contribution in [-0.2, 0) is 0 Å². The van der Waals surface area contributed by atoms with Crippen LogP contribution in [0.2, 0.25) is 0 Å². The van der Waals surface area contributed by atoms with Gasteiger partial charge in [0.15, 0.2) is 0 Å². The van der Waals surface area contributed by atoms with Crippen LogP contribution in [0, 0.1) is 0 Å². The van der Waals surface area contributed by atoms with Crippen LogP contribution in [0.15, 0.2) is 18.3 Å². The Morgan fingerprint density at radius 3 is 2.77 bits per heavy atom. The molecule has 1 aromatic rings. The van der Waals surface area contributed by atoms with Gasteiger partial charge in [0.2, 0.25) is 0 Å². The van der Waals surface area contributed by atoms with Crippen LogP contribution in [0.4, 0.5) is 0 Å². The topological polar surface area (TPSA) is 41.8 Å². The zero-order valence-electron chi connectivity index (χ0n) is 8.12. The number of halogens is 1. The van der Waals surface area contributed by atoms with Crippen LogP contribution in [0.1, 0.15) is 44.3 Å². The van der Waals surface area contributed by atoms with Gasteiger partial charge in [0.1, 0.15) is 0 Å². The lowest BCUT2D eigenvalue weighted by Gasteiger charge is -2.08. The molecule has 0 aliphatic heterocycles. The van der Waals surface area contributed by atoms with Crippen molar-refractivity contribution in [2.24, 2.45) is 5.73 Å². The van der Waals surface area contributed by atoms with Gasteiger partial charge in [0.05, 0.1) is 0 Å². The van der Waals surface area contributed by atoms with Crippen molar-refractivity contribution >= 4 is 12.4 Å². The predicted octanol–water partition coefficient (Wildman–Crippen LogP) is 3.02.